The number of hydrogen-bond donors (Lipinski definition) is 1. The summed E-state index contributed by atoms with van der Waals surface area (Å²) in [5.74, 6) is -0.0739. The van der Waals surface area contributed by atoms with E-state index in [9.17, 15) is 4.79 Å². The number of hydrogen-bond acceptors (Lipinski definition) is 2. The molecule has 3 rings (SSSR count). The second-order valence-electron chi connectivity index (χ2n) is 7.43. The molecular formula is C20H30N2O. The smallest absolute Gasteiger partial charge is 0.223 e. The van der Waals surface area contributed by atoms with Crippen LogP contribution in [0.5, 0.6) is 0 Å². The zero-order valence-corrected chi connectivity index (χ0v) is 14.2. The van der Waals surface area contributed by atoms with Crippen molar-refractivity contribution in [3.05, 3.63) is 35.9 Å². The SMILES string of the molecule is NC(=O)C1(CC(c2ccccc2)N2CCCCC2)CCCCC1. The minimum atomic E-state index is -0.295. The van der Waals surface area contributed by atoms with E-state index in [1.165, 1.54) is 31.2 Å². The van der Waals surface area contributed by atoms with E-state index in [1.54, 1.807) is 0 Å². The molecule has 1 aromatic rings. The number of carbonyl (C=O) groups is 1. The van der Waals surface area contributed by atoms with Gasteiger partial charge >= 0.3 is 0 Å². The van der Waals surface area contributed by atoms with Crippen molar-refractivity contribution in [1.82, 2.24) is 4.90 Å². The number of nitrogens with zero attached hydrogens (tertiary/aromatic N) is 1. The number of likely N-dealkylation sites (tertiary alicyclic amines) is 1. The zero-order valence-electron chi connectivity index (χ0n) is 14.2. The van der Waals surface area contributed by atoms with E-state index in [-0.39, 0.29) is 11.3 Å². The van der Waals surface area contributed by atoms with Gasteiger partial charge in [-0.25, -0.2) is 0 Å². The van der Waals surface area contributed by atoms with Crippen LogP contribution in [0.4, 0.5) is 0 Å². The molecule has 1 aliphatic heterocycles. The van der Waals surface area contributed by atoms with Crippen LogP contribution in [0.15, 0.2) is 30.3 Å². The molecule has 1 aromatic carbocycles. The molecule has 23 heavy (non-hydrogen) atoms. The molecule has 126 valence electrons. The Hall–Kier alpha value is -1.35. The molecule has 0 aromatic heterocycles. The van der Waals surface area contributed by atoms with Gasteiger partial charge in [-0.3, -0.25) is 9.69 Å². The minimum Gasteiger partial charge on any atom is -0.369 e. The summed E-state index contributed by atoms with van der Waals surface area (Å²) < 4.78 is 0. The molecule has 3 nitrogen and oxygen atoms in total. The van der Waals surface area contributed by atoms with Gasteiger partial charge in [-0.2, -0.15) is 0 Å². The summed E-state index contributed by atoms with van der Waals surface area (Å²) in [7, 11) is 0. The van der Waals surface area contributed by atoms with Gasteiger partial charge in [0.05, 0.1) is 5.41 Å². The van der Waals surface area contributed by atoms with Crippen LogP contribution in [0.3, 0.4) is 0 Å². The molecule has 1 atom stereocenters. The van der Waals surface area contributed by atoms with Crippen molar-refractivity contribution in [2.24, 2.45) is 11.1 Å². The van der Waals surface area contributed by atoms with Crippen molar-refractivity contribution < 1.29 is 4.79 Å². The van der Waals surface area contributed by atoms with Crippen LogP contribution in [0, 0.1) is 5.41 Å². The van der Waals surface area contributed by atoms with E-state index in [0.717, 1.165) is 45.2 Å². The Kier molecular flexibility index (Phi) is 5.37. The topological polar surface area (TPSA) is 46.3 Å². The maximum Gasteiger partial charge on any atom is 0.223 e. The quantitative estimate of drug-likeness (QED) is 0.891. The van der Waals surface area contributed by atoms with Crippen LogP contribution in [0.25, 0.3) is 0 Å². The number of amides is 1. The van der Waals surface area contributed by atoms with Crippen molar-refractivity contribution >= 4 is 5.91 Å². The second kappa shape index (κ2) is 7.48. The summed E-state index contributed by atoms with van der Waals surface area (Å²) in [6, 6.07) is 11.1. The van der Waals surface area contributed by atoms with Gasteiger partial charge in [-0.1, -0.05) is 56.0 Å². The standard InChI is InChI=1S/C20H30N2O/c21-19(23)20(12-6-2-7-13-20)16-18(17-10-4-1-5-11-17)22-14-8-3-9-15-22/h1,4-5,10-11,18H,2-3,6-9,12-16H2,(H2,21,23). The Labute approximate surface area is 140 Å². The Morgan fingerprint density at radius 3 is 2.22 bits per heavy atom. The largest absolute Gasteiger partial charge is 0.369 e. The summed E-state index contributed by atoms with van der Waals surface area (Å²) >= 11 is 0. The van der Waals surface area contributed by atoms with E-state index >= 15 is 0 Å². The number of benzene rings is 1. The summed E-state index contributed by atoms with van der Waals surface area (Å²) in [6.45, 7) is 2.29. The molecule has 0 bridgehead atoms. The highest BCUT2D eigenvalue weighted by atomic mass is 16.1. The third kappa shape index (κ3) is 3.77. The molecule has 1 unspecified atom stereocenters. The molecule has 1 heterocycles. The average Bonchev–Trinajstić information content (AvgIpc) is 2.62. The monoisotopic (exact) mass is 314 g/mol. The Morgan fingerprint density at radius 2 is 1.61 bits per heavy atom. The van der Waals surface area contributed by atoms with Gasteiger partial charge in [-0.05, 0) is 50.8 Å². The van der Waals surface area contributed by atoms with E-state index in [4.69, 9.17) is 5.73 Å². The molecule has 1 saturated carbocycles. The highest BCUT2D eigenvalue weighted by Gasteiger charge is 2.41. The van der Waals surface area contributed by atoms with Crippen LogP contribution in [-0.2, 0) is 4.79 Å². The Bertz CT molecular complexity index is 502. The van der Waals surface area contributed by atoms with Gasteiger partial charge in [0.15, 0.2) is 0 Å². The highest BCUT2D eigenvalue weighted by Crippen LogP contribution is 2.45. The molecule has 2 N–H and O–H groups in total. The lowest BCUT2D eigenvalue weighted by molar-refractivity contribution is -0.131. The van der Waals surface area contributed by atoms with Crippen molar-refractivity contribution in [3.8, 4) is 0 Å². The van der Waals surface area contributed by atoms with Gasteiger partial charge in [0.25, 0.3) is 0 Å². The first-order valence-corrected chi connectivity index (χ1v) is 9.30. The maximum atomic E-state index is 12.3. The van der Waals surface area contributed by atoms with E-state index in [0.29, 0.717) is 6.04 Å². The Morgan fingerprint density at radius 1 is 1.00 bits per heavy atom. The van der Waals surface area contributed by atoms with Crippen LogP contribution in [0.1, 0.15) is 69.4 Å². The fourth-order valence-corrected chi connectivity index (χ4v) is 4.51. The maximum absolute atomic E-state index is 12.3. The normalized spacial score (nSPS) is 23.3. The Balaban J connectivity index is 1.86. The van der Waals surface area contributed by atoms with Gasteiger partial charge in [0.1, 0.15) is 0 Å². The lowest BCUT2D eigenvalue weighted by atomic mass is 9.68. The lowest BCUT2D eigenvalue weighted by Crippen LogP contribution is -2.44. The second-order valence-corrected chi connectivity index (χ2v) is 7.43. The zero-order chi connectivity index (χ0) is 16.1. The molecule has 2 aliphatic rings. The van der Waals surface area contributed by atoms with E-state index in [2.05, 4.69) is 35.2 Å². The lowest BCUT2D eigenvalue weighted by Gasteiger charge is -2.42. The predicted molar refractivity (Wildman–Crippen MR) is 93.9 cm³/mol. The van der Waals surface area contributed by atoms with Crippen molar-refractivity contribution in [2.75, 3.05) is 13.1 Å². The third-order valence-electron chi connectivity index (χ3n) is 5.93. The first-order chi connectivity index (χ1) is 11.2. The molecule has 1 saturated heterocycles. The van der Waals surface area contributed by atoms with Crippen LogP contribution >= 0.6 is 0 Å². The number of piperidine rings is 1. The predicted octanol–water partition coefficient (Wildman–Crippen LogP) is 4.04. The van der Waals surface area contributed by atoms with Crippen molar-refractivity contribution in [2.45, 2.75) is 63.8 Å². The summed E-state index contributed by atoms with van der Waals surface area (Å²) in [6.07, 6.45) is 10.2. The molecule has 0 spiro atoms. The number of carbonyl (C=O) groups excluding carboxylic acids is 1. The number of rotatable bonds is 5. The summed E-state index contributed by atoms with van der Waals surface area (Å²) in [5, 5.41) is 0. The summed E-state index contributed by atoms with van der Waals surface area (Å²) in [5.41, 5.74) is 6.95. The van der Waals surface area contributed by atoms with Gasteiger partial charge in [-0.15, -0.1) is 0 Å². The average molecular weight is 314 g/mol. The fourth-order valence-electron chi connectivity index (χ4n) is 4.51. The fraction of sp³-hybridized carbons (Fsp3) is 0.650. The minimum absolute atomic E-state index is 0.0739. The molecule has 1 amide bonds. The number of nitrogens with two attached hydrogens (primary N) is 1. The van der Waals surface area contributed by atoms with E-state index < -0.39 is 0 Å². The van der Waals surface area contributed by atoms with Gasteiger partial charge in [0, 0.05) is 6.04 Å². The molecule has 2 fully saturated rings. The van der Waals surface area contributed by atoms with Crippen molar-refractivity contribution in [1.29, 1.82) is 0 Å². The first kappa shape index (κ1) is 16.5. The third-order valence-corrected chi connectivity index (χ3v) is 5.93. The van der Waals surface area contributed by atoms with Crippen LogP contribution < -0.4 is 5.73 Å². The summed E-state index contributed by atoms with van der Waals surface area (Å²) in [4.78, 5) is 14.9. The van der Waals surface area contributed by atoms with Crippen LogP contribution in [-0.4, -0.2) is 23.9 Å². The van der Waals surface area contributed by atoms with E-state index in [1.807, 2.05) is 0 Å². The van der Waals surface area contributed by atoms with Gasteiger partial charge in [0.2, 0.25) is 5.91 Å². The molecular weight excluding hydrogens is 284 g/mol. The van der Waals surface area contributed by atoms with Crippen molar-refractivity contribution in [3.63, 3.8) is 0 Å². The van der Waals surface area contributed by atoms with Crippen LogP contribution in [0.2, 0.25) is 0 Å². The number of primary amides is 1. The molecule has 3 heteroatoms. The van der Waals surface area contributed by atoms with Gasteiger partial charge < -0.3 is 5.73 Å². The first-order valence-electron chi connectivity index (χ1n) is 9.30. The highest BCUT2D eigenvalue weighted by molar-refractivity contribution is 5.81. The molecule has 0 radical (unpaired) electrons. The molecule has 1 aliphatic carbocycles.